The molecule has 1 aliphatic heterocycles. The van der Waals surface area contributed by atoms with Crippen LogP contribution in [0.2, 0.25) is 5.02 Å². The van der Waals surface area contributed by atoms with Gasteiger partial charge in [-0.05, 0) is 35.9 Å². The van der Waals surface area contributed by atoms with E-state index in [1.165, 1.54) is 0 Å². The molecule has 0 fully saturated rings. The Balaban J connectivity index is 1.31. The average molecular weight is 428 g/mol. The van der Waals surface area contributed by atoms with E-state index in [9.17, 15) is 4.79 Å². The number of hydrogen-bond acceptors (Lipinski definition) is 5. The van der Waals surface area contributed by atoms with Crippen molar-refractivity contribution in [3.63, 3.8) is 0 Å². The molecule has 1 aliphatic rings. The minimum absolute atomic E-state index is 0.125. The minimum atomic E-state index is -0.247. The lowest BCUT2D eigenvalue weighted by Gasteiger charge is -2.24. The molecule has 8 heteroatoms. The summed E-state index contributed by atoms with van der Waals surface area (Å²) in [6, 6.07) is 16.7. The first-order chi connectivity index (χ1) is 14.6. The second-order valence-electron chi connectivity index (χ2n) is 6.81. The summed E-state index contributed by atoms with van der Waals surface area (Å²) in [6.07, 6.45) is -0.125. The van der Waals surface area contributed by atoms with Crippen molar-refractivity contribution in [1.29, 1.82) is 0 Å². The third-order valence-electron chi connectivity index (χ3n) is 4.82. The number of rotatable bonds is 7. The molecule has 30 heavy (non-hydrogen) atoms. The van der Waals surface area contributed by atoms with Crippen LogP contribution in [-0.4, -0.2) is 35.9 Å². The molecule has 1 aromatic heterocycles. The number of benzene rings is 2. The summed E-state index contributed by atoms with van der Waals surface area (Å²) in [5.41, 5.74) is 2.26. The van der Waals surface area contributed by atoms with Crippen LogP contribution in [0.1, 0.15) is 27.8 Å². The van der Waals surface area contributed by atoms with Gasteiger partial charge in [-0.3, -0.25) is 9.48 Å². The van der Waals surface area contributed by atoms with Crippen molar-refractivity contribution in [3.05, 3.63) is 76.6 Å². The van der Waals surface area contributed by atoms with Gasteiger partial charge in [0.2, 0.25) is 0 Å². The molecular weight excluding hydrogens is 406 g/mol. The van der Waals surface area contributed by atoms with E-state index in [-0.39, 0.29) is 12.0 Å². The molecule has 7 nitrogen and oxygen atoms in total. The van der Waals surface area contributed by atoms with Gasteiger partial charge in [0.1, 0.15) is 12.7 Å². The molecule has 4 rings (SSSR count). The van der Waals surface area contributed by atoms with E-state index >= 15 is 0 Å². The van der Waals surface area contributed by atoms with Gasteiger partial charge in [0.15, 0.2) is 17.2 Å². The molecule has 1 atom stereocenters. The first-order valence-corrected chi connectivity index (χ1v) is 9.99. The highest BCUT2D eigenvalue weighted by Crippen LogP contribution is 2.28. The van der Waals surface area contributed by atoms with E-state index in [1.54, 1.807) is 13.2 Å². The summed E-state index contributed by atoms with van der Waals surface area (Å²) in [4.78, 5) is 12.5. The Morgan fingerprint density at radius 2 is 2.00 bits per heavy atom. The normalized spacial score (nSPS) is 15.3. The van der Waals surface area contributed by atoms with E-state index < -0.39 is 0 Å². The van der Waals surface area contributed by atoms with Gasteiger partial charge in [-0.25, -0.2) is 0 Å². The molecular formula is C22H22ClN3O4. The monoisotopic (exact) mass is 427 g/mol. The van der Waals surface area contributed by atoms with Crippen molar-refractivity contribution in [3.8, 4) is 11.5 Å². The van der Waals surface area contributed by atoms with E-state index in [0.29, 0.717) is 48.5 Å². The lowest BCUT2D eigenvalue weighted by Crippen LogP contribution is -2.28. The molecule has 2 heterocycles. The first-order valence-electron chi connectivity index (χ1n) is 9.62. The van der Waals surface area contributed by atoms with Crippen LogP contribution in [0, 0.1) is 0 Å². The van der Waals surface area contributed by atoms with Crippen molar-refractivity contribution in [2.24, 2.45) is 0 Å². The average Bonchev–Trinajstić information content (AvgIpc) is 3.21. The topological polar surface area (TPSA) is 74.6 Å². The molecule has 0 aliphatic carbocycles. The van der Waals surface area contributed by atoms with E-state index in [2.05, 4.69) is 10.4 Å². The quantitative estimate of drug-likeness (QED) is 0.583. The van der Waals surface area contributed by atoms with Gasteiger partial charge < -0.3 is 19.5 Å². The standard InChI is InChI=1S/C22H22ClN3O4/c1-28-19-4-2-3-5-20(19)29-11-10-24-22(27)18-12-17-14-30-21(13-26(17)25-18)15-6-8-16(23)9-7-15/h2-9,12,21H,10-11,13-14H2,1H3,(H,24,27). The SMILES string of the molecule is COc1ccccc1OCCNC(=O)c1cc2n(n1)CC(c1ccc(Cl)cc1)OC2. The molecule has 0 saturated heterocycles. The van der Waals surface area contributed by atoms with Crippen LogP contribution >= 0.6 is 11.6 Å². The van der Waals surface area contributed by atoms with Crippen molar-refractivity contribution < 1.29 is 19.0 Å². The molecule has 0 spiro atoms. The minimum Gasteiger partial charge on any atom is -0.493 e. The number of halogens is 1. The van der Waals surface area contributed by atoms with Crippen LogP contribution in [-0.2, 0) is 17.9 Å². The number of hydrogen-bond donors (Lipinski definition) is 1. The first kappa shape index (κ1) is 20.3. The van der Waals surface area contributed by atoms with Crippen molar-refractivity contribution in [2.45, 2.75) is 19.3 Å². The zero-order chi connectivity index (χ0) is 20.9. The summed E-state index contributed by atoms with van der Waals surface area (Å²) in [5, 5.41) is 7.96. The second kappa shape index (κ2) is 9.19. The number of para-hydroxylation sites is 2. The van der Waals surface area contributed by atoms with Crippen LogP contribution in [0.4, 0.5) is 0 Å². The Labute approximate surface area is 179 Å². The molecule has 2 aromatic carbocycles. The summed E-state index contributed by atoms with van der Waals surface area (Å²) in [5.74, 6) is 1.04. The van der Waals surface area contributed by atoms with Crippen LogP contribution in [0.5, 0.6) is 11.5 Å². The third-order valence-corrected chi connectivity index (χ3v) is 5.08. The highest BCUT2D eigenvalue weighted by Gasteiger charge is 2.24. The van der Waals surface area contributed by atoms with Gasteiger partial charge in [0, 0.05) is 5.02 Å². The number of aromatic nitrogens is 2. The number of amides is 1. The van der Waals surface area contributed by atoms with Crippen molar-refractivity contribution in [1.82, 2.24) is 15.1 Å². The lowest BCUT2D eigenvalue weighted by atomic mass is 10.1. The molecule has 1 unspecified atom stereocenters. The predicted octanol–water partition coefficient (Wildman–Crippen LogP) is 3.63. The van der Waals surface area contributed by atoms with Crippen molar-refractivity contribution in [2.75, 3.05) is 20.3 Å². The number of carbonyl (C=O) groups excluding carboxylic acids is 1. The highest BCUT2D eigenvalue weighted by molar-refractivity contribution is 6.30. The maximum Gasteiger partial charge on any atom is 0.271 e. The number of ether oxygens (including phenoxy) is 3. The predicted molar refractivity (Wildman–Crippen MR) is 112 cm³/mol. The van der Waals surface area contributed by atoms with Crippen LogP contribution in [0.15, 0.2) is 54.6 Å². The Morgan fingerprint density at radius 3 is 2.77 bits per heavy atom. The molecule has 0 bridgehead atoms. The maximum atomic E-state index is 12.5. The molecule has 0 radical (unpaired) electrons. The van der Waals surface area contributed by atoms with Gasteiger partial charge >= 0.3 is 0 Å². The van der Waals surface area contributed by atoms with Gasteiger partial charge in [-0.1, -0.05) is 35.9 Å². The van der Waals surface area contributed by atoms with Gasteiger partial charge in [0.05, 0.1) is 32.5 Å². The fourth-order valence-electron chi connectivity index (χ4n) is 3.27. The van der Waals surface area contributed by atoms with Crippen LogP contribution < -0.4 is 14.8 Å². The number of nitrogens with zero attached hydrogens (tertiary/aromatic N) is 2. The van der Waals surface area contributed by atoms with Gasteiger partial charge in [-0.2, -0.15) is 5.10 Å². The maximum absolute atomic E-state index is 12.5. The Kier molecular flexibility index (Phi) is 6.21. The van der Waals surface area contributed by atoms with E-state index in [4.69, 9.17) is 25.8 Å². The van der Waals surface area contributed by atoms with Crippen LogP contribution in [0.25, 0.3) is 0 Å². The largest absolute Gasteiger partial charge is 0.493 e. The fourth-order valence-corrected chi connectivity index (χ4v) is 3.40. The zero-order valence-corrected chi connectivity index (χ0v) is 17.3. The summed E-state index contributed by atoms with van der Waals surface area (Å²) >= 11 is 5.95. The number of fused-ring (bicyclic) bond motifs is 1. The number of nitrogens with one attached hydrogen (secondary N) is 1. The molecule has 1 N–H and O–H groups in total. The van der Waals surface area contributed by atoms with Crippen molar-refractivity contribution >= 4 is 17.5 Å². The fraction of sp³-hybridized carbons (Fsp3) is 0.273. The highest BCUT2D eigenvalue weighted by atomic mass is 35.5. The Bertz CT molecular complexity index is 1020. The Hall–Kier alpha value is -3.03. The van der Waals surface area contributed by atoms with Gasteiger partial charge in [-0.15, -0.1) is 0 Å². The molecule has 0 saturated carbocycles. The summed E-state index contributed by atoms with van der Waals surface area (Å²) in [6.45, 7) is 1.61. The smallest absolute Gasteiger partial charge is 0.271 e. The summed E-state index contributed by atoms with van der Waals surface area (Å²) in [7, 11) is 1.59. The van der Waals surface area contributed by atoms with E-state index in [1.807, 2.05) is 53.2 Å². The van der Waals surface area contributed by atoms with E-state index in [0.717, 1.165) is 11.3 Å². The zero-order valence-electron chi connectivity index (χ0n) is 16.5. The number of methoxy groups -OCH3 is 1. The Morgan fingerprint density at radius 1 is 1.23 bits per heavy atom. The lowest BCUT2D eigenvalue weighted by molar-refractivity contribution is -0.00119. The van der Waals surface area contributed by atoms with Crippen LogP contribution in [0.3, 0.4) is 0 Å². The second-order valence-corrected chi connectivity index (χ2v) is 7.25. The number of carbonyl (C=O) groups is 1. The summed E-state index contributed by atoms with van der Waals surface area (Å²) < 4.78 is 18.7. The third kappa shape index (κ3) is 4.58. The molecule has 3 aromatic rings. The molecule has 156 valence electrons. The van der Waals surface area contributed by atoms with Gasteiger partial charge in [0.25, 0.3) is 5.91 Å². The molecule has 1 amide bonds.